The van der Waals surface area contributed by atoms with E-state index in [9.17, 15) is 0 Å². The lowest BCUT2D eigenvalue weighted by Crippen LogP contribution is -1.94. The van der Waals surface area contributed by atoms with Crippen molar-refractivity contribution in [3.05, 3.63) is 36.8 Å². The molecule has 2 rings (SSSR count). The molecule has 0 aromatic carbocycles. The molecule has 13 heavy (non-hydrogen) atoms. The van der Waals surface area contributed by atoms with Gasteiger partial charge in [0.05, 0.1) is 0 Å². The van der Waals surface area contributed by atoms with E-state index in [-0.39, 0.29) is 0 Å². The summed E-state index contributed by atoms with van der Waals surface area (Å²) in [7, 11) is 1.87. The first kappa shape index (κ1) is 7.79. The Hall–Kier alpha value is -1.84. The molecule has 0 fully saturated rings. The first-order valence-corrected chi connectivity index (χ1v) is 3.92. The van der Waals surface area contributed by atoms with E-state index in [1.165, 1.54) is 0 Å². The molecule has 0 spiro atoms. The molecule has 0 radical (unpaired) electrons. The van der Waals surface area contributed by atoms with Crippen molar-refractivity contribution in [2.45, 2.75) is 0 Å². The summed E-state index contributed by atoms with van der Waals surface area (Å²) < 4.78 is 7.18. The lowest BCUT2D eigenvalue weighted by molar-refractivity contribution is 0.409. The first-order chi connectivity index (χ1) is 6.36. The standard InChI is InChI=1S/C9H9N3O/c1-12-7-6-11-9(12)13-8-4-2-3-5-10-8/h2-7H,1H3. The minimum Gasteiger partial charge on any atom is -0.406 e. The third kappa shape index (κ3) is 1.66. The molecule has 0 aliphatic carbocycles. The van der Waals surface area contributed by atoms with E-state index < -0.39 is 0 Å². The smallest absolute Gasteiger partial charge is 0.302 e. The van der Waals surface area contributed by atoms with Gasteiger partial charge in [0.1, 0.15) is 0 Å². The van der Waals surface area contributed by atoms with Gasteiger partial charge in [0.2, 0.25) is 5.88 Å². The Kier molecular flexibility index (Phi) is 1.96. The van der Waals surface area contributed by atoms with Crippen LogP contribution in [0.15, 0.2) is 36.8 Å². The third-order valence-corrected chi connectivity index (χ3v) is 1.61. The average Bonchev–Trinajstić information content (AvgIpc) is 2.54. The van der Waals surface area contributed by atoms with Gasteiger partial charge in [-0.25, -0.2) is 9.97 Å². The topological polar surface area (TPSA) is 39.9 Å². The second-order valence-corrected chi connectivity index (χ2v) is 2.59. The van der Waals surface area contributed by atoms with Crippen molar-refractivity contribution in [2.24, 2.45) is 7.05 Å². The predicted octanol–water partition coefficient (Wildman–Crippen LogP) is 1.61. The van der Waals surface area contributed by atoms with E-state index in [4.69, 9.17) is 4.74 Å². The van der Waals surface area contributed by atoms with Gasteiger partial charge < -0.3 is 9.30 Å². The lowest BCUT2D eigenvalue weighted by Gasteiger charge is -2.02. The average molecular weight is 175 g/mol. The Morgan fingerprint density at radius 2 is 2.15 bits per heavy atom. The summed E-state index contributed by atoms with van der Waals surface area (Å²) in [6.45, 7) is 0. The molecule has 0 aliphatic rings. The summed E-state index contributed by atoms with van der Waals surface area (Å²) >= 11 is 0. The predicted molar refractivity (Wildman–Crippen MR) is 47.5 cm³/mol. The summed E-state index contributed by atoms with van der Waals surface area (Å²) in [6, 6.07) is 6.03. The highest BCUT2D eigenvalue weighted by Crippen LogP contribution is 2.14. The van der Waals surface area contributed by atoms with E-state index in [0.29, 0.717) is 11.9 Å². The minimum absolute atomic E-state index is 0.540. The second-order valence-electron chi connectivity index (χ2n) is 2.59. The van der Waals surface area contributed by atoms with Crippen LogP contribution in [0.2, 0.25) is 0 Å². The molecule has 0 saturated carbocycles. The van der Waals surface area contributed by atoms with E-state index >= 15 is 0 Å². The van der Waals surface area contributed by atoms with Gasteiger partial charge in [0, 0.05) is 31.7 Å². The molecule has 2 aromatic heterocycles. The molecule has 0 amide bonds. The maximum Gasteiger partial charge on any atom is 0.302 e. The highest BCUT2D eigenvalue weighted by molar-refractivity contribution is 5.14. The Balaban J connectivity index is 2.20. The quantitative estimate of drug-likeness (QED) is 0.696. The van der Waals surface area contributed by atoms with Crippen LogP contribution in [0, 0.1) is 0 Å². The van der Waals surface area contributed by atoms with Crippen LogP contribution in [0.1, 0.15) is 0 Å². The first-order valence-electron chi connectivity index (χ1n) is 3.92. The summed E-state index contributed by atoms with van der Waals surface area (Å²) in [5.41, 5.74) is 0. The fourth-order valence-corrected chi connectivity index (χ4v) is 0.951. The van der Waals surface area contributed by atoms with Gasteiger partial charge in [-0.3, -0.25) is 0 Å². The highest BCUT2D eigenvalue weighted by Gasteiger charge is 2.01. The van der Waals surface area contributed by atoms with Gasteiger partial charge in [-0.05, 0) is 6.07 Å². The molecule has 0 saturated heterocycles. The Bertz CT molecular complexity index is 383. The van der Waals surface area contributed by atoms with Crippen molar-refractivity contribution in [2.75, 3.05) is 0 Å². The molecule has 0 atom stereocenters. The fourth-order valence-electron chi connectivity index (χ4n) is 0.951. The number of nitrogens with zero attached hydrogens (tertiary/aromatic N) is 3. The van der Waals surface area contributed by atoms with Crippen LogP contribution in [-0.4, -0.2) is 14.5 Å². The summed E-state index contributed by atoms with van der Waals surface area (Å²) in [6.07, 6.45) is 5.18. The van der Waals surface area contributed by atoms with Crippen molar-refractivity contribution in [1.82, 2.24) is 14.5 Å². The van der Waals surface area contributed by atoms with Crippen molar-refractivity contribution in [1.29, 1.82) is 0 Å². The third-order valence-electron chi connectivity index (χ3n) is 1.61. The minimum atomic E-state index is 0.540. The van der Waals surface area contributed by atoms with Crippen LogP contribution in [0.25, 0.3) is 0 Å². The second kappa shape index (κ2) is 3.26. The summed E-state index contributed by atoms with van der Waals surface area (Å²) in [4.78, 5) is 8.03. The zero-order chi connectivity index (χ0) is 9.10. The molecular weight excluding hydrogens is 166 g/mol. The van der Waals surface area contributed by atoms with Gasteiger partial charge in [0.15, 0.2) is 0 Å². The van der Waals surface area contributed by atoms with Gasteiger partial charge >= 0.3 is 6.01 Å². The molecule has 0 aliphatic heterocycles. The van der Waals surface area contributed by atoms with Gasteiger partial charge in [0.25, 0.3) is 0 Å². The molecule has 0 bridgehead atoms. The molecule has 4 nitrogen and oxygen atoms in total. The molecule has 0 unspecified atom stereocenters. The van der Waals surface area contributed by atoms with Crippen LogP contribution in [0.5, 0.6) is 11.9 Å². The Morgan fingerprint density at radius 3 is 2.77 bits per heavy atom. The number of hydrogen-bond donors (Lipinski definition) is 0. The van der Waals surface area contributed by atoms with Crippen molar-refractivity contribution in [3.63, 3.8) is 0 Å². The van der Waals surface area contributed by atoms with Crippen LogP contribution >= 0.6 is 0 Å². The van der Waals surface area contributed by atoms with Crippen LogP contribution < -0.4 is 4.74 Å². The van der Waals surface area contributed by atoms with E-state index in [1.54, 1.807) is 23.0 Å². The van der Waals surface area contributed by atoms with Gasteiger partial charge in [-0.1, -0.05) is 6.07 Å². The van der Waals surface area contributed by atoms with Gasteiger partial charge in [-0.2, -0.15) is 0 Å². The normalized spacial score (nSPS) is 9.92. The zero-order valence-corrected chi connectivity index (χ0v) is 7.21. The maximum atomic E-state index is 5.39. The molecule has 66 valence electrons. The van der Waals surface area contributed by atoms with E-state index in [0.717, 1.165) is 0 Å². The Labute approximate surface area is 75.8 Å². The zero-order valence-electron chi connectivity index (χ0n) is 7.21. The maximum absolute atomic E-state index is 5.39. The van der Waals surface area contributed by atoms with E-state index in [1.807, 2.05) is 25.4 Å². The molecule has 2 aromatic rings. The number of rotatable bonds is 2. The fraction of sp³-hybridized carbons (Fsp3) is 0.111. The van der Waals surface area contributed by atoms with Crippen molar-refractivity contribution >= 4 is 0 Å². The van der Waals surface area contributed by atoms with Crippen LogP contribution in [0.4, 0.5) is 0 Å². The number of aromatic nitrogens is 3. The van der Waals surface area contributed by atoms with E-state index in [2.05, 4.69) is 9.97 Å². The number of aryl methyl sites for hydroxylation is 1. The number of hydrogen-bond acceptors (Lipinski definition) is 3. The largest absolute Gasteiger partial charge is 0.406 e. The van der Waals surface area contributed by atoms with Crippen molar-refractivity contribution in [3.8, 4) is 11.9 Å². The number of pyridine rings is 1. The number of imidazole rings is 1. The highest BCUT2D eigenvalue weighted by atomic mass is 16.5. The molecule has 0 N–H and O–H groups in total. The van der Waals surface area contributed by atoms with Crippen LogP contribution in [0.3, 0.4) is 0 Å². The molecule has 4 heteroatoms. The monoisotopic (exact) mass is 175 g/mol. The SMILES string of the molecule is Cn1ccnc1Oc1ccccn1. The summed E-state index contributed by atoms with van der Waals surface area (Å²) in [5, 5.41) is 0. The van der Waals surface area contributed by atoms with Crippen molar-refractivity contribution < 1.29 is 4.74 Å². The van der Waals surface area contributed by atoms with Gasteiger partial charge in [-0.15, -0.1) is 0 Å². The number of ether oxygens (including phenoxy) is 1. The van der Waals surface area contributed by atoms with Crippen LogP contribution in [-0.2, 0) is 7.05 Å². The lowest BCUT2D eigenvalue weighted by atomic mass is 10.5. The summed E-state index contributed by atoms with van der Waals surface area (Å²) in [5.74, 6) is 0.553. The Morgan fingerprint density at radius 1 is 1.23 bits per heavy atom. The molecule has 2 heterocycles. The molecular formula is C9H9N3O.